The molecule has 4 rings (SSSR count). The molecule has 0 saturated carbocycles. The van der Waals surface area contributed by atoms with E-state index < -0.39 is 10.0 Å². The van der Waals surface area contributed by atoms with Crippen LogP contribution in [0.25, 0.3) is 11.0 Å². The molecule has 1 aliphatic rings. The number of fused-ring (bicyclic) bond motifs is 1. The summed E-state index contributed by atoms with van der Waals surface area (Å²) in [4.78, 5) is 2.58. The molecule has 0 amide bonds. The van der Waals surface area contributed by atoms with Crippen molar-refractivity contribution in [2.75, 3.05) is 26.2 Å². The maximum atomic E-state index is 13.0. The fraction of sp³-hybridized carbons (Fsp3) is 0.409. The van der Waals surface area contributed by atoms with E-state index in [1.54, 1.807) is 16.4 Å². The van der Waals surface area contributed by atoms with E-state index in [9.17, 15) is 8.42 Å². The van der Waals surface area contributed by atoms with Crippen LogP contribution in [0.3, 0.4) is 0 Å². The Labute approximate surface area is 172 Å². The smallest absolute Gasteiger partial charge is 0.243 e. The summed E-state index contributed by atoms with van der Waals surface area (Å²) in [6, 6.07) is 15.1. The van der Waals surface area contributed by atoms with Crippen molar-refractivity contribution in [3.63, 3.8) is 0 Å². The van der Waals surface area contributed by atoms with Gasteiger partial charge in [-0.15, -0.1) is 0 Å². The van der Waals surface area contributed by atoms with Crippen molar-refractivity contribution in [1.29, 1.82) is 0 Å². The second-order valence-corrected chi connectivity index (χ2v) is 10.5. The average Bonchev–Trinajstić information content (AvgIpc) is 3.11. The predicted molar refractivity (Wildman–Crippen MR) is 113 cm³/mol. The Kier molecular flexibility index (Phi) is 5.23. The number of hydrogen-bond donors (Lipinski definition) is 0. The summed E-state index contributed by atoms with van der Waals surface area (Å²) in [5.41, 5.74) is 2.80. The number of rotatable bonds is 4. The molecule has 0 spiro atoms. The second-order valence-electron chi connectivity index (χ2n) is 8.58. The van der Waals surface area contributed by atoms with Crippen LogP contribution in [0.1, 0.15) is 32.0 Å². The minimum Gasteiger partial charge on any atom is -0.356 e. The third kappa shape index (κ3) is 4.08. The van der Waals surface area contributed by atoms with E-state index >= 15 is 0 Å². The molecule has 3 aromatic rings. The number of para-hydroxylation sites is 1. The maximum Gasteiger partial charge on any atom is 0.243 e. The van der Waals surface area contributed by atoms with Gasteiger partial charge in [0, 0.05) is 38.1 Å². The lowest BCUT2D eigenvalue weighted by atomic mass is 9.87. The van der Waals surface area contributed by atoms with Gasteiger partial charge < -0.3 is 4.52 Å². The van der Waals surface area contributed by atoms with Gasteiger partial charge in [-0.25, -0.2) is 8.42 Å². The van der Waals surface area contributed by atoms with Gasteiger partial charge in [-0.3, -0.25) is 4.90 Å². The molecule has 0 unspecified atom stereocenters. The Bertz CT molecular complexity index is 1090. The summed E-state index contributed by atoms with van der Waals surface area (Å²) < 4.78 is 33.0. The zero-order valence-electron chi connectivity index (χ0n) is 17.1. The van der Waals surface area contributed by atoms with Crippen LogP contribution in [0.15, 0.2) is 57.9 Å². The van der Waals surface area contributed by atoms with Crippen molar-refractivity contribution in [2.24, 2.45) is 0 Å². The molecule has 1 fully saturated rings. The lowest BCUT2D eigenvalue weighted by Gasteiger charge is -2.33. The highest BCUT2D eigenvalue weighted by atomic mass is 32.2. The molecule has 6 nitrogen and oxygen atoms in total. The fourth-order valence-electron chi connectivity index (χ4n) is 3.67. The largest absolute Gasteiger partial charge is 0.356 e. The highest BCUT2D eigenvalue weighted by Crippen LogP contribution is 2.25. The molecule has 29 heavy (non-hydrogen) atoms. The van der Waals surface area contributed by atoms with Crippen molar-refractivity contribution in [2.45, 2.75) is 37.6 Å². The third-order valence-corrected chi connectivity index (χ3v) is 7.43. The molecular formula is C22H27N3O3S. The van der Waals surface area contributed by atoms with E-state index in [0.717, 1.165) is 22.2 Å². The number of piperazine rings is 1. The van der Waals surface area contributed by atoms with E-state index in [4.69, 9.17) is 4.52 Å². The number of benzene rings is 2. The zero-order chi connectivity index (χ0) is 20.6. The van der Waals surface area contributed by atoms with Crippen LogP contribution >= 0.6 is 0 Å². The summed E-state index contributed by atoms with van der Waals surface area (Å²) in [5, 5.41) is 5.20. The second kappa shape index (κ2) is 7.55. The number of hydrogen-bond acceptors (Lipinski definition) is 5. The average molecular weight is 414 g/mol. The standard InChI is InChI=1S/C22H27N3O3S/c1-22(2,3)17-8-10-18(11-9-17)29(26,27)25-14-12-24(13-15-25)16-20-19-6-4-5-7-21(19)28-23-20/h4-11H,12-16H2,1-3H3. The van der Waals surface area contributed by atoms with Crippen LogP contribution in [0, 0.1) is 0 Å². The highest BCUT2D eigenvalue weighted by Gasteiger charge is 2.29. The fourth-order valence-corrected chi connectivity index (χ4v) is 5.09. The van der Waals surface area contributed by atoms with Crippen molar-refractivity contribution >= 4 is 21.0 Å². The summed E-state index contributed by atoms with van der Waals surface area (Å²) in [6.07, 6.45) is 0. The summed E-state index contributed by atoms with van der Waals surface area (Å²) >= 11 is 0. The topological polar surface area (TPSA) is 66.7 Å². The molecule has 0 N–H and O–H groups in total. The van der Waals surface area contributed by atoms with Gasteiger partial charge in [0.15, 0.2) is 5.58 Å². The zero-order valence-corrected chi connectivity index (χ0v) is 17.9. The number of aromatic nitrogens is 1. The van der Waals surface area contributed by atoms with Gasteiger partial charge in [0.25, 0.3) is 0 Å². The molecule has 0 atom stereocenters. The molecule has 0 radical (unpaired) electrons. The van der Waals surface area contributed by atoms with E-state index in [-0.39, 0.29) is 5.41 Å². The van der Waals surface area contributed by atoms with Crippen LogP contribution in [-0.2, 0) is 22.0 Å². The van der Waals surface area contributed by atoms with E-state index in [1.165, 1.54) is 0 Å². The number of nitrogens with zero attached hydrogens (tertiary/aromatic N) is 3. The SMILES string of the molecule is CC(C)(C)c1ccc(S(=O)(=O)N2CCN(Cc3noc4ccccc34)CC2)cc1. The molecule has 7 heteroatoms. The first-order valence-electron chi connectivity index (χ1n) is 9.91. The van der Waals surface area contributed by atoms with Crippen LogP contribution in [0.5, 0.6) is 0 Å². The lowest BCUT2D eigenvalue weighted by Crippen LogP contribution is -2.48. The van der Waals surface area contributed by atoms with Gasteiger partial charge >= 0.3 is 0 Å². The summed E-state index contributed by atoms with van der Waals surface area (Å²) in [5.74, 6) is 0. The lowest BCUT2D eigenvalue weighted by molar-refractivity contribution is 0.178. The van der Waals surface area contributed by atoms with Gasteiger partial charge in [-0.2, -0.15) is 4.31 Å². The summed E-state index contributed by atoms with van der Waals surface area (Å²) in [6.45, 7) is 9.29. The van der Waals surface area contributed by atoms with E-state index in [2.05, 4.69) is 30.8 Å². The Balaban J connectivity index is 1.42. The van der Waals surface area contributed by atoms with Crippen molar-refractivity contribution in [3.8, 4) is 0 Å². The van der Waals surface area contributed by atoms with Gasteiger partial charge in [0.1, 0.15) is 5.69 Å². The molecule has 1 aromatic heterocycles. The Hall–Kier alpha value is -2.22. The Morgan fingerprint density at radius 1 is 0.966 bits per heavy atom. The first kappa shape index (κ1) is 20.1. The molecule has 2 aromatic carbocycles. The molecule has 0 bridgehead atoms. The first-order chi connectivity index (χ1) is 13.7. The van der Waals surface area contributed by atoms with E-state index in [1.807, 2.05) is 36.4 Å². The van der Waals surface area contributed by atoms with Crippen LogP contribution in [0.4, 0.5) is 0 Å². The molecule has 1 saturated heterocycles. The summed E-state index contributed by atoms with van der Waals surface area (Å²) in [7, 11) is -3.47. The molecule has 2 heterocycles. The van der Waals surface area contributed by atoms with Crippen LogP contribution in [-0.4, -0.2) is 49.0 Å². The van der Waals surface area contributed by atoms with E-state index in [0.29, 0.717) is 37.6 Å². The normalized spacial score (nSPS) is 17.1. The molecular weight excluding hydrogens is 386 g/mol. The quantitative estimate of drug-likeness (QED) is 0.653. The van der Waals surface area contributed by atoms with Crippen molar-refractivity contribution in [3.05, 3.63) is 59.8 Å². The maximum absolute atomic E-state index is 13.0. The predicted octanol–water partition coefficient (Wildman–Crippen LogP) is 3.63. The van der Waals surface area contributed by atoms with Crippen molar-refractivity contribution < 1.29 is 12.9 Å². The Morgan fingerprint density at radius 3 is 2.28 bits per heavy atom. The first-order valence-corrected chi connectivity index (χ1v) is 11.4. The van der Waals surface area contributed by atoms with Gasteiger partial charge in [0.2, 0.25) is 10.0 Å². The highest BCUT2D eigenvalue weighted by molar-refractivity contribution is 7.89. The van der Waals surface area contributed by atoms with Crippen LogP contribution in [0.2, 0.25) is 0 Å². The minimum absolute atomic E-state index is 0.000785. The van der Waals surface area contributed by atoms with Gasteiger partial charge in [-0.1, -0.05) is 50.2 Å². The number of sulfonamides is 1. The molecule has 1 aliphatic heterocycles. The minimum atomic E-state index is -3.47. The van der Waals surface area contributed by atoms with Crippen molar-refractivity contribution in [1.82, 2.24) is 14.4 Å². The Morgan fingerprint density at radius 2 is 1.62 bits per heavy atom. The molecule has 0 aliphatic carbocycles. The molecule has 154 valence electrons. The van der Waals surface area contributed by atoms with Gasteiger partial charge in [-0.05, 0) is 35.2 Å². The van der Waals surface area contributed by atoms with Gasteiger partial charge in [0.05, 0.1) is 4.90 Å². The third-order valence-electron chi connectivity index (χ3n) is 5.51. The van der Waals surface area contributed by atoms with Crippen LogP contribution < -0.4 is 0 Å². The monoisotopic (exact) mass is 413 g/mol.